The number of hydrogen-bond donors (Lipinski definition) is 1. The number of alkyl halides is 3. The Labute approximate surface area is 184 Å². The van der Waals surface area contributed by atoms with E-state index in [0.717, 1.165) is 22.9 Å². The lowest BCUT2D eigenvalue weighted by Gasteiger charge is -2.47. The van der Waals surface area contributed by atoms with Gasteiger partial charge in [-0.1, -0.05) is 23.7 Å². The van der Waals surface area contributed by atoms with E-state index in [0.29, 0.717) is 31.6 Å². The zero-order chi connectivity index (χ0) is 22.5. The number of anilines is 2. The SMILES string of the molecule is CC1CN(c2ccc(Cl)c(C(F)(F)F)c2)CC(C)N1c1cccc2c1CC(C(=O)O)C2. The van der Waals surface area contributed by atoms with Gasteiger partial charge in [0.05, 0.1) is 16.5 Å². The van der Waals surface area contributed by atoms with Gasteiger partial charge in [0, 0.05) is 36.5 Å². The summed E-state index contributed by atoms with van der Waals surface area (Å²) in [7, 11) is 0. The minimum Gasteiger partial charge on any atom is -0.481 e. The van der Waals surface area contributed by atoms with Crippen molar-refractivity contribution in [3.63, 3.8) is 0 Å². The van der Waals surface area contributed by atoms with Gasteiger partial charge in [0.15, 0.2) is 0 Å². The van der Waals surface area contributed by atoms with Crippen LogP contribution in [0.4, 0.5) is 24.5 Å². The maximum atomic E-state index is 13.3. The number of piperazine rings is 1. The highest BCUT2D eigenvalue weighted by Gasteiger charge is 2.37. The first-order chi connectivity index (χ1) is 14.6. The normalized spacial score (nSPS) is 23.7. The Bertz CT molecular complexity index is 999. The van der Waals surface area contributed by atoms with Crippen LogP contribution in [0, 0.1) is 5.92 Å². The standard InChI is InChI=1S/C23H24ClF3N2O2/c1-13-11-28(17-6-7-20(24)19(10-17)23(25,26)27)12-14(2)29(13)21-5-3-4-15-8-16(22(30)31)9-18(15)21/h3-7,10,13-14,16H,8-9,11-12H2,1-2H3,(H,30,31). The minimum absolute atomic E-state index is 0.0316. The number of carboxylic acid groups (broad SMARTS) is 1. The molecule has 0 bridgehead atoms. The van der Waals surface area contributed by atoms with E-state index in [1.165, 1.54) is 6.07 Å². The first kappa shape index (κ1) is 21.8. The number of fused-ring (bicyclic) bond motifs is 1. The van der Waals surface area contributed by atoms with Crippen LogP contribution in [0.15, 0.2) is 36.4 Å². The van der Waals surface area contributed by atoms with Gasteiger partial charge in [-0.25, -0.2) is 0 Å². The largest absolute Gasteiger partial charge is 0.481 e. The summed E-state index contributed by atoms with van der Waals surface area (Å²) in [5.41, 5.74) is 2.86. The van der Waals surface area contributed by atoms with Gasteiger partial charge >= 0.3 is 12.1 Å². The number of carboxylic acids is 1. The molecule has 1 fully saturated rings. The number of hydrogen-bond acceptors (Lipinski definition) is 3. The average molecular weight is 453 g/mol. The molecule has 2 aromatic carbocycles. The van der Waals surface area contributed by atoms with E-state index in [1.807, 2.05) is 36.9 Å². The molecule has 31 heavy (non-hydrogen) atoms. The Morgan fingerprint density at radius 3 is 2.39 bits per heavy atom. The smallest absolute Gasteiger partial charge is 0.417 e. The van der Waals surface area contributed by atoms with Crippen LogP contribution in [0.2, 0.25) is 5.02 Å². The van der Waals surface area contributed by atoms with Crippen molar-refractivity contribution in [2.75, 3.05) is 22.9 Å². The van der Waals surface area contributed by atoms with Crippen LogP contribution in [-0.4, -0.2) is 36.2 Å². The van der Waals surface area contributed by atoms with Gasteiger partial charge in [-0.2, -0.15) is 13.2 Å². The lowest BCUT2D eigenvalue weighted by Crippen LogP contribution is -2.57. The molecule has 0 amide bonds. The molecule has 1 aliphatic heterocycles. The molecule has 166 valence electrons. The highest BCUT2D eigenvalue weighted by Crippen LogP contribution is 2.40. The van der Waals surface area contributed by atoms with Crippen molar-refractivity contribution in [1.29, 1.82) is 0 Å². The molecule has 0 saturated carbocycles. The summed E-state index contributed by atoms with van der Waals surface area (Å²) in [6.07, 6.45) is -3.46. The molecule has 3 atom stereocenters. The first-order valence-electron chi connectivity index (χ1n) is 10.3. The maximum absolute atomic E-state index is 13.3. The fraction of sp³-hybridized carbons (Fsp3) is 0.435. The van der Waals surface area contributed by atoms with Gasteiger partial charge in [-0.05, 0) is 62.1 Å². The third kappa shape index (κ3) is 4.07. The lowest BCUT2D eigenvalue weighted by molar-refractivity contribution is -0.141. The Balaban J connectivity index is 1.60. The number of benzene rings is 2. The molecule has 1 aliphatic carbocycles. The molecular weight excluding hydrogens is 429 g/mol. The highest BCUT2D eigenvalue weighted by molar-refractivity contribution is 6.31. The number of carbonyl (C=O) groups is 1. The van der Waals surface area contributed by atoms with Crippen molar-refractivity contribution in [3.8, 4) is 0 Å². The molecule has 1 heterocycles. The van der Waals surface area contributed by atoms with Crippen molar-refractivity contribution >= 4 is 28.9 Å². The second-order valence-corrected chi connectivity index (χ2v) is 8.94. The monoisotopic (exact) mass is 452 g/mol. The second-order valence-electron chi connectivity index (χ2n) is 8.53. The predicted molar refractivity (Wildman–Crippen MR) is 115 cm³/mol. The number of rotatable bonds is 3. The third-order valence-corrected chi connectivity index (χ3v) is 6.66. The van der Waals surface area contributed by atoms with E-state index >= 15 is 0 Å². The number of aliphatic carboxylic acids is 1. The van der Waals surface area contributed by atoms with E-state index in [-0.39, 0.29) is 17.1 Å². The van der Waals surface area contributed by atoms with E-state index in [4.69, 9.17) is 11.6 Å². The molecular formula is C23H24ClF3N2O2. The zero-order valence-corrected chi connectivity index (χ0v) is 18.0. The zero-order valence-electron chi connectivity index (χ0n) is 17.3. The second kappa shape index (κ2) is 7.93. The Morgan fingerprint density at radius 1 is 1.10 bits per heavy atom. The van der Waals surface area contributed by atoms with Gasteiger partial charge in [-0.3, -0.25) is 4.79 Å². The summed E-state index contributed by atoms with van der Waals surface area (Å²) >= 11 is 5.78. The topological polar surface area (TPSA) is 43.8 Å². The van der Waals surface area contributed by atoms with Crippen LogP contribution in [0.25, 0.3) is 0 Å². The van der Waals surface area contributed by atoms with Crippen LogP contribution in [0.1, 0.15) is 30.5 Å². The lowest BCUT2D eigenvalue weighted by atomic mass is 10.0. The quantitative estimate of drug-likeness (QED) is 0.689. The summed E-state index contributed by atoms with van der Waals surface area (Å²) in [5, 5.41) is 9.14. The van der Waals surface area contributed by atoms with Gasteiger partial charge in [0.2, 0.25) is 0 Å². The Kier molecular flexibility index (Phi) is 5.58. The van der Waals surface area contributed by atoms with E-state index in [1.54, 1.807) is 6.07 Å². The van der Waals surface area contributed by atoms with Crippen LogP contribution in [0.5, 0.6) is 0 Å². The fourth-order valence-electron chi connectivity index (χ4n) is 4.98. The molecule has 3 unspecified atom stereocenters. The van der Waals surface area contributed by atoms with E-state index in [2.05, 4.69) is 4.90 Å². The van der Waals surface area contributed by atoms with E-state index in [9.17, 15) is 23.1 Å². The average Bonchev–Trinajstić information content (AvgIpc) is 3.12. The Hall–Kier alpha value is -2.41. The predicted octanol–water partition coefficient (Wildman–Crippen LogP) is 5.26. The summed E-state index contributed by atoms with van der Waals surface area (Å²) in [6.45, 7) is 5.20. The maximum Gasteiger partial charge on any atom is 0.417 e. The number of halogens is 4. The minimum atomic E-state index is -4.50. The summed E-state index contributed by atoms with van der Waals surface area (Å²) in [6, 6.07) is 10.1. The molecule has 0 aromatic heterocycles. The molecule has 8 heteroatoms. The van der Waals surface area contributed by atoms with Crippen LogP contribution >= 0.6 is 11.6 Å². The third-order valence-electron chi connectivity index (χ3n) is 6.33. The molecule has 4 rings (SSSR count). The first-order valence-corrected chi connectivity index (χ1v) is 10.7. The van der Waals surface area contributed by atoms with Crippen molar-refractivity contribution in [2.45, 2.75) is 44.9 Å². The molecule has 0 radical (unpaired) electrons. The van der Waals surface area contributed by atoms with Crippen molar-refractivity contribution in [1.82, 2.24) is 0 Å². The van der Waals surface area contributed by atoms with Crippen LogP contribution in [-0.2, 0) is 23.8 Å². The fourth-order valence-corrected chi connectivity index (χ4v) is 5.21. The molecule has 1 N–H and O–H groups in total. The molecule has 0 spiro atoms. The highest BCUT2D eigenvalue weighted by atomic mass is 35.5. The molecule has 4 nitrogen and oxygen atoms in total. The van der Waals surface area contributed by atoms with Gasteiger partial charge in [0.25, 0.3) is 0 Å². The van der Waals surface area contributed by atoms with Gasteiger partial charge < -0.3 is 14.9 Å². The summed E-state index contributed by atoms with van der Waals surface area (Å²) in [4.78, 5) is 15.7. The molecule has 2 aliphatic rings. The Morgan fingerprint density at radius 2 is 1.77 bits per heavy atom. The number of nitrogens with zero attached hydrogens (tertiary/aromatic N) is 2. The van der Waals surface area contributed by atoms with Crippen molar-refractivity contribution in [3.05, 3.63) is 58.1 Å². The van der Waals surface area contributed by atoms with Crippen LogP contribution in [0.3, 0.4) is 0 Å². The van der Waals surface area contributed by atoms with Gasteiger partial charge in [-0.15, -0.1) is 0 Å². The summed E-state index contributed by atoms with van der Waals surface area (Å²) < 4.78 is 39.9. The molecule has 1 saturated heterocycles. The van der Waals surface area contributed by atoms with Crippen LogP contribution < -0.4 is 9.80 Å². The van der Waals surface area contributed by atoms with Crippen molar-refractivity contribution < 1.29 is 23.1 Å². The van der Waals surface area contributed by atoms with Crippen molar-refractivity contribution in [2.24, 2.45) is 5.92 Å². The van der Waals surface area contributed by atoms with Gasteiger partial charge in [0.1, 0.15) is 0 Å². The molecule has 2 aromatic rings. The summed E-state index contributed by atoms with van der Waals surface area (Å²) in [5.74, 6) is -1.19. The van der Waals surface area contributed by atoms with E-state index < -0.39 is 23.6 Å².